The Bertz CT molecular complexity index is 1870. The van der Waals surface area contributed by atoms with Crippen molar-refractivity contribution in [2.75, 3.05) is 0 Å². The van der Waals surface area contributed by atoms with Crippen LogP contribution < -0.4 is 5.46 Å². The average molecular weight is 485 g/mol. The second-order valence-electron chi connectivity index (χ2n) is 9.57. The standard InChI is InChI=1S/C34H24BN3/c35-29-19-10-18-28-27-17-7-8-20-32(27)38(33(28)29)26-16-9-15-25(21-26)31-22-30(23-11-3-1-4-12-23)36-34(37-31)24-13-5-2-6-14-24/h1-22H,35H2. The van der Waals surface area contributed by atoms with Crippen molar-refractivity contribution in [2.24, 2.45) is 0 Å². The first-order valence-corrected chi connectivity index (χ1v) is 12.9. The molecule has 0 fully saturated rings. The molecule has 0 unspecified atom stereocenters. The minimum Gasteiger partial charge on any atom is -0.310 e. The lowest BCUT2D eigenvalue weighted by atomic mass is 9.93. The third-order valence-electron chi connectivity index (χ3n) is 7.12. The van der Waals surface area contributed by atoms with Gasteiger partial charge in [-0.05, 0) is 24.3 Å². The maximum atomic E-state index is 5.04. The Hall–Kier alpha value is -4.96. The van der Waals surface area contributed by atoms with Gasteiger partial charge in [0, 0.05) is 38.7 Å². The molecular formula is C34H24BN3. The van der Waals surface area contributed by atoms with Gasteiger partial charge >= 0.3 is 0 Å². The van der Waals surface area contributed by atoms with Crippen molar-refractivity contribution in [1.29, 1.82) is 0 Å². The van der Waals surface area contributed by atoms with Gasteiger partial charge < -0.3 is 4.57 Å². The lowest BCUT2D eigenvalue weighted by Crippen LogP contribution is -2.08. The zero-order chi connectivity index (χ0) is 25.5. The van der Waals surface area contributed by atoms with Crippen molar-refractivity contribution in [1.82, 2.24) is 14.5 Å². The van der Waals surface area contributed by atoms with Crippen LogP contribution in [0, 0.1) is 0 Å². The van der Waals surface area contributed by atoms with E-state index in [1.54, 1.807) is 0 Å². The molecular weight excluding hydrogens is 461 g/mol. The highest BCUT2D eigenvalue weighted by molar-refractivity contribution is 6.40. The molecule has 2 heterocycles. The molecule has 3 nitrogen and oxygen atoms in total. The van der Waals surface area contributed by atoms with Gasteiger partial charge in [0.25, 0.3) is 0 Å². The summed E-state index contributed by atoms with van der Waals surface area (Å²) >= 11 is 0. The number of benzene rings is 5. The first kappa shape index (κ1) is 22.3. The molecule has 0 aliphatic carbocycles. The van der Waals surface area contributed by atoms with Gasteiger partial charge in [-0.15, -0.1) is 0 Å². The van der Waals surface area contributed by atoms with Crippen LogP contribution in [0.3, 0.4) is 0 Å². The van der Waals surface area contributed by atoms with Crippen LogP contribution in [-0.2, 0) is 0 Å². The summed E-state index contributed by atoms with van der Waals surface area (Å²) in [6.07, 6.45) is 0. The highest BCUT2D eigenvalue weighted by atomic mass is 15.0. The molecule has 0 aliphatic heterocycles. The van der Waals surface area contributed by atoms with Crippen molar-refractivity contribution in [3.63, 3.8) is 0 Å². The van der Waals surface area contributed by atoms with E-state index in [1.807, 2.05) is 36.4 Å². The van der Waals surface area contributed by atoms with Crippen molar-refractivity contribution >= 4 is 35.1 Å². The van der Waals surface area contributed by atoms with E-state index < -0.39 is 0 Å². The molecule has 0 amide bonds. The summed E-state index contributed by atoms with van der Waals surface area (Å²) < 4.78 is 2.38. The zero-order valence-corrected chi connectivity index (χ0v) is 21.0. The Morgan fingerprint density at radius 3 is 1.89 bits per heavy atom. The van der Waals surface area contributed by atoms with Crippen LogP contribution in [0.15, 0.2) is 133 Å². The van der Waals surface area contributed by atoms with Crippen LogP contribution in [0.25, 0.3) is 61.4 Å². The topological polar surface area (TPSA) is 30.7 Å². The highest BCUT2D eigenvalue weighted by Crippen LogP contribution is 2.33. The van der Waals surface area contributed by atoms with Crippen LogP contribution in [-0.4, -0.2) is 22.4 Å². The Kier molecular flexibility index (Phi) is 5.37. The molecule has 0 saturated carbocycles. The van der Waals surface area contributed by atoms with Crippen LogP contribution in [0.5, 0.6) is 0 Å². The van der Waals surface area contributed by atoms with Gasteiger partial charge in [-0.3, -0.25) is 0 Å². The molecule has 0 spiro atoms. The van der Waals surface area contributed by atoms with Crippen LogP contribution in [0.1, 0.15) is 0 Å². The lowest BCUT2D eigenvalue weighted by molar-refractivity contribution is 1.17. The van der Waals surface area contributed by atoms with Gasteiger partial charge in [0.2, 0.25) is 0 Å². The van der Waals surface area contributed by atoms with Crippen molar-refractivity contribution in [3.05, 3.63) is 133 Å². The van der Waals surface area contributed by atoms with E-state index >= 15 is 0 Å². The van der Waals surface area contributed by atoms with Crippen LogP contribution in [0.2, 0.25) is 0 Å². The summed E-state index contributed by atoms with van der Waals surface area (Å²) in [4.78, 5) is 9.99. The molecule has 178 valence electrons. The second kappa shape index (κ2) is 9.17. The summed E-state index contributed by atoms with van der Waals surface area (Å²) in [5, 5.41) is 2.53. The quantitative estimate of drug-likeness (QED) is 0.256. The molecule has 0 N–H and O–H groups in total. The molecule has 7 aromatic rings. The zero-order valence-electron chi connectivity index (χ0n) is 21.0. The van der Waals surface area contributed by atoms with E-state index in [1.165, 1.54) is 27.3 Å². The number of aromatic nitrogens is 3. The fraction of sp³-hybridized carbons (Fsp3) is 0. The summed E-state index contributed by atoms with van der Waals surface area (Å²) in [5.74, 6) is 0.722. The van der Waals surface area contributed by atoms with Gasteiger partial charge in [-0.1, -0.05) is 115 Å². The smallest absolute Gasteiger partial charge is 0.160 e. The van der Waals surface area contributed by atoms with Gasteiger partial charge in [-0.25, -0.2) is 9.97 Å². The van der Waals surface area contributed by atoms with Crippen molar-refractivity contribution < 1.29 is 0 Å². The average Bonchev–Trinajstić information content (AvgIpc) is 3.34. The van der Waals surface area contributed by atoms with E-state index in [0.717, 1.165) is 39.6 Å². The van der Waals surface area contributed by atoms with E-state index in [0.29, 0.717) is 0 Å². The summed E-state index contributed by atoms with van der Waals surface area (Å²) in [7, 11) is 2.18. The normalized spacial score (nSPS) is 11.3. The van der Waals surface area contributed by atoms with Gasteiger partial charge in [0.05, 0.1) is 16.9 Å². The first-order chi connectivity index (χ1) is 18.8. The molecule has 0 radical (unpaired) electrons. The van der Waals surface area contributed by atoms with Crippen LogP contribution >= 0.6 is 0 Å². The number of para-hydroxylation sites is 2. The van der Waals surface area contributed by atoms with E-state index in [4.69, 9.17) is 9.97 Å². The van der Waals surface area contributed by atoms with Crippen molar-refractivity contribution in [3.8, 4) is 39.6 Å². The number of nitrogens with zero attached hydrogens (tertiary/aromatic N) is 3. The first-order valence-electron chi connectivity index (χ1n) is 12.9. The minimum absolute atomic E-state index is 0.722. The number of hydrogen-bond acceptors (Lipinski definition) is 2. The number of rotatable bonds is 4. The molecule has 0 aliphatic rings. The minimum atomic E-state index is 0.722. The fourth-order valence-corrected chi connectivity index (χ4v) is 5.33. The molecule has 0 atom stereocenters. The molecule has 0 bridgehead atoms. The predicted octanol–water partition coefficient (Wildman–Crippen LogP) is 6.83. The Morgan fingerprint density at radius 1 is 0.500 bits per heavy atom. The summed E-state index contributed by atoms with van der Waals surface area (Å²) in [6.45, 7) is 0. The molecule has 38 heavy (non-hydrogen) atoms. The van der Waals surface area contributed by atoms with Gasteiger partial charge in [0.1, 0.15) is 7.85 Å². The summed E-state index contributed by atoms with van der Waals surface area (Å²) in [6, 6.07) is 46.4. The maximum Gasteiger partial charge on any atom is 0.160 e. The SMILES string of the molecule is Bc1cccc2c3ccccc3n(-c3cccc(-c4cc(-c5ccccc5)nc(-c5ccccc5)n4)c3)c12. The predicted molar refractivity (Wildman–Crippen MR) is 161 cm³/mol. The maximum absolute atomic E-state index is 5.04. The largest absolute Gasteiger partial charge is 0.310 e. The van der Waals surface area contributed by atoms with Gasteiger partial charge in [-0.2, -0.15) is 0 Å². The molecule has 7 rings (SSSR count). The summed E-state index contributed by atoms with van der Waals surface area (Å²) in [5.41, 5.74) is 9.75. The number of hydrogen-bond donors (Lipinski definition) is 0. The van der Waals surface area contributed by atoms with Crippen LogP contribution in [0.4, 0.5) is 0 Å². The Balaban J connectivity index is 1.45. The molecule has 0 saturated heterocycles. The van der Waals surface area contributed by atoms with E-state index in [-0.39, 0.29) is 0 Å². The fourth-order valence-electron chi connectivity index (χ4n) is 5.33. The second-order valence-corrected chi connectivity index (χ2v) is 9.57. The number of fused-ring (bicyclic) bond motifs is 3. The van der Waals surface area contributed by atoms with Gasteiger partial charge in [0.15, 0.2) is 5.82 Å². The lowest BCUT2D eigenvalue weighted by Gasteiger charge is -2.13. The Morgan fingerprint density at radius 2 is 1.11 bits per heavy atom. The third kappa shape index (κ3) is 3.79. The monoisotopic (exact) mass is 485 g/mol. The Labute approximate surface area is 222 Å². The highest BCUT2D eigenvalue weighted by Gasteiger charge is 2.15. The molecule has 4 heteroatoms. The van der Waals surface area contributed by atoms with E-state index in [9.17, 15) is 0 Å². The third-order valence-corrected chi connectivity index (χ3v) is 7.12. The van der Waals surface area contributed by atoms with E-state index in [2.05, 4.69) is 109 Å². The molecule has 2 aromatic heterocycles. The van der Waals surface area contributed by atoms with Crippen molar-refractivity contribution in [2.45, 2.75) is 0 Å². The molecule has 5 aromatic carbocycles.